The summed E-state index contributed by atoms with van der Waals surface area (Å²) >= 11 is 0. The summed E-state index contributed by atoms with van der Waals surface area (Å²) < 4.78 is 11.5. The van der Waals surface area contributed by atoms with E-state index in [-0.39, 0.29) is 11.0 Å². The molecule has 0 saturated carbocycles. The van der Waals surface area contributed by atoms with Crippen LogP contribution in [0.5, 0.6) is 11.5 Å². The quantitative estimate of drug-likeness (QED) is 0.429. The standard InChI is InChI=1S/C26H25N3O5/c1-16-23(18-12-13-21(22(14-18)33-2)34-15-17-8-4-3-5-9-17)24(29(31)32)26(28-16)19-10-6-7-11-20(19)27-25(26)30/h3-14,16,23-24,28H,15H2,1-2H3,(H,27,30)/t16-,23-,24+,26-/m0/s1. The fraction of sp³-hybridized carbons (Fsp3) is 0.269. The van der Waals surface area contributed by atoms with Gasteiger partial charge < -0.3 is 14.8 Å². The van der Waals surface area contributed by atoms with Gasteiger partial charge in [-0.3, -0.25) is 20.2 Å². The molecule has 1 saturated heterocycles. The number of rotatable bonds is 6. The van der Waals surface area contributed by atoms with Crippen molar-refractivity contribution in [2.75, 3.05) is 12.4 Å². The second kappa shape index (κ2) is 8.46. The highest BCUT2D eigenvalue weighted by Crippen LogP contribution is 2.50. The van der Waals surface area contributed by atoms with Crippen LogP contribution < -0.4 is 20.1 Å². The van der Waals surface area contributed by atoms with Crippen molar-refractivity contribution < 1.29 is 19.2 Å². The number of hydrogen-bond acceptors (Lipinski definition) is 6. The van der Waals surface area contributed by atoms with Gasteiger partial charge >= 0.3 is 0 Å². The van der Waals surface area contributed by atoms with Crippen LogP contribution in [0.4, 0.5) is 5.69 Å². The Morgan fingerprint density at radius 3 is 2.50 bits per heavy atom. The average Bonchev–Trinajstić information content (AvgIpc) is 3.32. The van der Waals surface area contributed by atoms with E-state index >= 15 is 0 Å². The van der Waals surface area contributed by atoms with Crippen LogP contribution in [0.2, 0.25) is 0 Å². The molecular formula is C26H25N3O5. The number of amides is 1. The molecule has 0 aromatic heterocycles. The van der Waals surface area contributed by atoms with E-state index in [0.717, 1.165) is 5.56 Å². The number of nitro groups is 1. The lowest BCUT2D eigenvalue weighted by molar-refractivity contribution is -0.532. The van der Waals surface area contributed by atoms with Crippen molar-refractivity contribution in [1.82, 2.24) is 5.32 Å². The zero-order valence-corrected chi connectivity index (χ0v) is 18.9. The van der Waals surface area contributed by atoms with E-state index in [4.69, 9.17) is 9.47 Å². The zero-order chi connectivity index (χ0) is 23.9. The van der Waals surface area contributed by atoms with Gasteiger partial charge in [-0.25, -0.2) is 0 Å². The minimum Gasteiger partial charge on any atom is -0.493 e. The van der Waals surface area contributed by atoms with Crippen LogP contribution in [-0.4, -0.2) is 30.0 Å². The first-order valence-electron chi connectivity index (χ1n) is 11.1. The van der Waals surface area contributed by atoms with E-state index in [1.807, 2.05) is 43.3 Å². The third-order valence-electron chi connectivity index (χ3n) is 6.77. The summed E-state index contributed by atoms with van der Waals surface area (Å²) in [6.07, 6.45) is 0. The van der Waals surface area contributed by atoms with Crippen molar-refractivity contribution in [2.24, 2.45) is 0 Å². The van der Waals surface area contributed by atoms with Gasteiger partial charge in [-0.2, -0.15) is 0 Å². The first-order valence-corrected chi connectivity index (χ1v) is 11.1. The number of nitrogens with one attached hydrogen (secondary N) is 2. The van der Waals surface area contributed by atoms with Crippen LogP contribution in [0, 0.1) is 10.1 Å². The molecule has 174 valence electrons. The highest BCUT2D eigenvalue weighted by molar-refractivity contribution is 6.07. The third-order valence-corrected chi connectivity index (χ3v) is 6.77. The zero-order valence-electron chi connectivity index (χ0n) is 18.9. The highest BCUT2D eigenvalue weighted by Gasteiger charge is 2.67. The molecule has 2 heterocycles. The second-order valence-electron chi connectivity index (χ2n) is 8.68. The van der Waals surface area contributed by atoms with Crippen molar-refractivity contribution in [1.29, 1.82) is 0 Å². The van der Waals surface area contributed by atoms with Crippen molar-refractivity contribution in [3.8, 4) is 11.5 Å². The molecule has 1 spiro atoms. The number of anilines is 1. The molecule has 2 N–H and O–H groups in total. The molecular weight excluding hydrogens is 434 g/mol. The van der Waals surface area contributed by atoms with Crippen molar-refractivity contribution >= 4 is 11.6 Å². The van der Waals surface area contributed by atoms with Gasteiger partial charge in [-0.05, 0) is 36.2 Å². The number of hydrogen-bond donors (Lipinski definition) is 2. The molecule has 8 nitrogen and oxygen atoms in total. The summed E-state index contributed by atoms with van der Waals surface area (Å²) in [6, 6.07) is 20.7. The molecule has 0 radical (unpaired) electrons. The Morgan fingerprint density at radius 2 is 1.76 bits per heavy atom. The van der Waals surface area contributed by atoms with Crippen LogP contribution in [0.25, 0.3) is 0 Å². The smallest absolute Gasteiger partial charge is 0.256 e. The van der Waals surface area contributed by atoms with E-state index in [1.54, 1.807) is 36.4 Å². The van der Waals surface area contributed by atoms with Crippen LogP contribution in [-0.2, 0) is 16.9 Å². The molecule has 2 aliphatic heterocycles. The normalized spacial score (nSPS) is 25.1. The van der Waals surface area contributed by atoms with Gasteiger partial charge in [0.25, 0.3) is 11.9 Å². The van der Waals surface area contributed by atoms with E-state index in [9.17, 15) is 14.9 Å². The molecule has 8 heteroatoms. The topological polar surface area (TPSA) is 103 Å². The number of carbonyl (C=O) groups excluding carboxylic acids is 1. The fourth-order valence-corrected chi connectivity index (χ4v) is 5.30. The summed E-state index contributed by atoms with van der Waals surface area (Å²) in [6.45, 7) is 2.24. The lowest BCUT2D eigenvalue weighted by Gasteiger charge is -2.25. The third kappa shape index (κ3) is 3.38. The molecule has 34 heavy (non-hydrogen) atoms. The van der Waals surface area contributed by atoms with E-state index in [0.29, 0.717) is 34.9 Å². The van der Waals surface area contributed by atoms with Gasteiger partial charge in [0.05, 0.1) is 13.0 Å². The van der Waals surface area contributed by atoms with E-state index in [2.05, 4.69) is 10.6 Å². The fourth-order valence-electron chi connectivity index (χ4n) is 5.30. The molecule has 1 amide bonds. The van der Waals surface area contributed by atoms with Crippen LogP contribution in [0.15, 0.2) is 72.8 Å². The Hall–Kier alpha value is -3.91. The minimum atomic E-state index is -1.44. The number of ether oxygens (including phenoxy) is 2. The Balaban J connectivity index is 1.51. The first kappa shape index (κ1) is 21.9. The van der Waals surface area contributed by atoms with Crippen molar-refractivity contribution in [2.45, 2.75) is 37.1 Å². The largest absolute Gasteiger partial charge is 0.493 e. The summed E-state index contributed by atoms with van der Waals surface area (Å²) in [5, 5.41) is 18.6. The van der Waals surface area contributed by atoms with Crippen LogP contribution >= 0.6 is 0 Å². The van der Waals surface area contributed by atoms with Crippen LogP contribution in [0.3, 0.4) is 0 Å². The number of benzene rings is 3. The van der Waals surface area contributed by atoms with Gasteiger partial charge in [0.2, 0.25) is 0 Å². The SMILES string of the molecule is COc1cc([C@@H]2[C@H](C)N[C@]3(C(=O)Nc4ccccc43)[C@@H]2[N+](=O)[O-])ccc1OCc1ccccc1. The average molecular weight is 460 g/mol. The first-order chi connectivity index (χ1) is 16.5. The Bertz CT molecular complexity index is 1250. The number of nitrogens with zero attached hydrogens (tertiary/aromatic N) is 1. The summed E-state index contributed by atoms with van der Waals surface area (Å²) in [5.74, 6) is 0.0634. The van der Waals surface area contributed by atoms with Crippen molar-refractivity contribution in [3.05, 3.63) is 99.6 Å². The monoisotopic (exact) mass is 459 g/mol. The number of methoxy groups -OCH3 is 1. The number of fused-ring (bicyclic) bond motifs is 2. The maximum Gasteiger partial charge on any atom is 0.256 e. The molecule has 4 atom stereocenters. The number of carbonyl (C=O) groups is 1. The van der Waals surface area contributed by atoms with E-state index < -0.39 is 23.4 Å². The molecule has 0 unspecified atom stereocenters. The van der Waals surface area contributed by atoms with Crippen LogP contribution in [0.1, 0.15) is 29.5 Å². The Kier molecular flexibility index (Phi) is 5.45. The Morgan fingerprint density at radius 1 is 1.03 bits per heavy atom. The summed E-state index contributed by atoms with van der Waals surface area (Å²) in [4.78, 5) is 25.3. The number of para-hydroxylation sites is 1. The molecule has 3 aromatic carbocycles. The molecule has 3 aromatic rings. The van der Waals surface area contributed by atoms with Gasteiger partial charge in [0.15, 0.2) is 17.0 Å². The lowest BCUT2D eigenvalue weighted by atomic mass is 9.78. The molecule has 5 rings (SSSR count). The van der Waals surface area contributed by atoms with Gasteiger partial charge in [0.1, 0.15) is 6.61 Å². The highest BCUT2D eigenvalue weighted by atomic mass is 16.6. The summed E-state index contributed by atoms with van der Waals surface area (Å²) in [5.41, 5.74) is 1.48. The Labute approximate surface area is 197 Å². The van der Waals surface area contributed by atoms with Gasteiger partial charge in [0, 0.05) is 22.2 Å². The van der Waals surface area contributed by atoms with Gasteiger partial charge in [-0.1, -0.05) is 54.6 Å². The molecule has 1 fully saturated rings. The lowest BCUT2D eigenvalue weighted by Crippen LogP contribution is -2.54. The molecule has 0 bridgehead atoms. The van der Waals surface area contributed by atoms with Crippen molar-refractivity contribution in [3.63, 3.8) is 0 Å². The predicted octanol–water partition coefficient (Wildman–Crippen LogP) is 3.84. The maximum atomic E-state index is 13.2. The maximum absolute atomic E-state index is 13.2. The summed E-state index contributed by atoms with van der Waals surface area (Å²) in [7, 11) is 1.54. The van der Waals surface area contributed by atoms with E-state index in [1.165, 1.54) is 7.11 Å². The predicted molar refractivity (Wildman–Crippen MR) is 127 cm³/mol. The molecule has 2 aliphatic rings. The van der Waals surface area contributed by atoms with Gasteiger partial charge in [-0.15, -0.1) is 0 Å². The second-order valence-corrected chi connectivity index (χ2v) is 8.68. The minimum absolute atomic E-state index is 0.338. The molecule has 0 aliphatic carbocycles.